The second kappa shape index (κ2) is 9.41. The first-order chi connectivity index (χ1) is 18.7. The van der Waals surface area contributed by atoms with Gasteiger partial charge in [0.15, 0.2) is 0 Å². The van der Waals surface area contributed by atoms with E-state index < -0.39 is 0 Å². The fourth-order valence-electron chi connectivity index (χ4n) is 5.44. The Balaban J connectivity index is 1.26. The Kier molecular flexibility index (Phi) is 5.61. The lowest BCUT2D eigenvalue weighted by atomic mass is 9.98. The second-order valence-corrected chi connectivity index (χ2v) is 9.88. The summed E-state index contributed by atoms with van der Waals surface area (Å²) in [5.41, 5.74) is 7.10. The number of nitrogens with one attached hydrogen (secondary N) is 2. The van der Waals surface area contributed by atoms with Crippen LogP contribution in [0.5, 0.6) is 5.75 Å². The minimum absolute atomic E-state index is 0.248. The summed E-state index contributed by atoms with van der Waals surface area (Å²) in [6.07, 6.45) is 9.75. The minimum Gasteiger partial charge on any atom is -0.489 e. The number of benzene rings is 2. The van der Waals surface area contributed by atoms with E-state index in [1.807, 2.05) is 54.7 Å². The summed E-state index contributed by atoms with van der Waals surface area (Å²) >= 11 is 0. The number of H-pyrrole nitrogens is 2. The molecule has 0 amide bonds. The summed E-state index contributed by atoms with van der Waals surface area (Å²) in [5.74, 6) is 0.530. The second-order valence-electron chi connectivity index (χ2n) is 9.88. The van der Waals surface area contributed by atoms with Crippen molar-refractivity contribution in [1.29, 1.82) is 0 Å². The Morgan fingerprint density at radius 2 is 1.71 bits per heavy atom. The lowest BCUT2D eigenvalue weighted by Gasteiger charge is -2.22. The lowest BCUT2D eigenvalue weighted by Crippen LogP contribution is -2.19. The summed E-state index contributed by atoms with van der Waals surface area (Å²) in [6.45, 7) is 0. The molecular formula is C31H26FN5O. The molecule has 0 atom stereocenters. The van der Waals surface area contributed by atoms with Crippen molar-refractivity contribution in [1.82, 2.24) is 25.1 Å². The number of aromatic amines is 2. The zero-order chi connectivity index (χ0) is 25.5. The van der Waals surface area contributed by atoms with E-state index in [2.05, 4.69) is 20.2 Å². The molecule has 4 heterocycles. The van der Waals surface area contributed by atoms with Crippen LogP contribution in [0.25, 0.3) is 55.7 Å². The number of hydrogen-bond donors (Lipinski definition) is 2. The standard InChI is InChI=1S/C31H26FN5O/c32-25-11-5-4-9-23(25)22-10-6-12-27-24(22)16-29(34-27)31-30-28(36-37-31)14-13-26(35-30)19-15-21(18-33-17-19)38-20-7-2-1-3-8-20/h4-6,9-18,20,34H,1-3,7-8H2,(H,36,37). The molecule has 0 unspecified atom stereocenters. The van der Waals surface area contributed by atoms with Crippen molar-refractivity contribution in [3.8, 4) is 39.5 Å². The zero-order valence-corrected chi connectivity index (χ0v) is 20.7. The Bertz CT molecular complexity index is 1770. The van der Waals surface area contributed by atoms with E-state index in [0.717, 1.165) is 63.0 Å². The molecule has 1 aliphatic carbocycles. The number of hydrogen-bond acceptors (Lipinski definition) is 4. The molecule has 2 N–H and O–H groups in total. The highest BCUT2D eigenvalue weighted by molar-refractivity contribution is 6.00. The predicted molar refractivity (Wildman–Crippen MR) is 147 cm³/mol. The van der Waals surface area contributed by atoms with Crippen molar-refractivity contribution < 1.29 is 9.13 Å². The Morgan fingerprint density at radius 1 is 0.842 bits per heavy atom. The molecule has 0 aliphatic heterocycles. The molecule has 188 valence electrons. The van der Waals surface area contributed by atoms with Gasteiger partial charge in [-0.1, -0.05) is 36.8 Å². The van der Waals surface area contributed by atoms with Crippen LogP contribution in [0.15, 0.2) is 79.1 Å². The van der Waals surface area contributed by atoms with Crippen LogP contribution in [-0.4, -0.2) is 31.3 Å². The fourth-order valence-corrected chi connectivity index (χ4v) is 5.44. The van der Waals surface area contributed by atoms with Gasteiger partial charge in [-0.15, -0.1) is 0 Å². The van der Waals surface area contributed by atoms with E-state index in [1.165, 1.54) is 25.3 Å². The third-order valence-corrected chi connectivity index (χ3v) is 7.35. The first kappa shape index (κ1) is 22.7. The van der Waals surface area contributed by atoms with Gasteiger partial charge < -0.3 is 9.72 Å². The number of fused-ring (bicyclic) bond motifs is 2. The monoisotopic (exact) mass is 503 g/mol. The Hall–Kier alpha value is -4.52. The fraction of sp³-hybridized carbons (Fsp3) is 0.194. The van der Waals surface area contributed by atoms with Gasteiger partial charge in [-0.25, -0.2) is 9.37 Å². The van der Waals surface area contributed by atoms with Gasteiger partial charge in [0.2, 0.25) is 0 Å². The molecule has 0 radical (unpaired) electrons. The molecule has 4 aromatic heterocycles. The van der Waals surface area contributed by atoms with E-state index >= 15 is 0 Å². The summed E-state index contributed by atoms with van der Waals surface area (Å²) < 4.78 is 20.8. The number of nitrogens with zero attached hydrogens (tertiary/aromatic N) is 3. The summed E-state index contributed by atoms with van der Waals surface area (Å²) in [7, 11) is 0. The molecule has 6 aromatic rings. The maximum Gasteiger partial charge on any atom is 0.138 e. The van der Waals surface area contributed by atoms with Gasteiger partial charge in [0, 0.05) is 28.2 Å². The minimum atomic E-state index is -0.248. The maximum atomic E-state index is 14.6. The van der Waals surface area contributed by atoms with Gasteiger partial charge in [0.05, 0.1) is 29.2 Å². The summed E-state index contributed by atoms with van der Waals surface area (Å²) in [6, 6.07) is 20.7. The molecule has 2 aromatic carbocycles. The highest BCUT2D eigenvalue weighted by atomic mass is 19.1. The van der Waals surface area contributed by atoms with Crippen LogP contribution in [-0.2, 0) is 0 Å². The van der Waals surface area contributed by atoms with Gasteiger partial charge >= 0.3 is 0 Å². The van der Waals surface area contributed by atoms with Gasteiger partial charge in [0.25, 0.3) is 0 Å². The normalized spacial score (nSPS) is 14.3. The molecule has 6 nitrogen and oxygen atoms in total. The molecule has 1 aliphatic rings. The van der Waals surface area contributed by atoms with Crippen LogP contribution in [0.2, 0.25) is 0 Å². The van der Waals surface area contributed by atoms with Crippen molar-refractivity contribution >= 4 is 21.9 Å². The number of rotatable bonds is 5. The lowest BCUT2D eigenvalue weighted by molar-refractivity contribution is 0.154. The molecule has 0 bridgehead atoms. The molecule has 1 saturated carbocycles. The molecule has 0 spiro atoms. The van der Waals surface area contributed by atoms with E-state index in [0.29, 0.717) is 11.3 Å². The van der Waals surface area contributed by atoms with Crippen LogP contribution in [0.1, 0.15) is 32.1 Å². The average molecular weight is 504 g/mol. The first-order valence-corrected chi connectivity index (χ1v) is 13.1. The molecule has 0 saturated heterocycles. The summed E-state index contributed by atoms with van der Waals surface area (Å²) in [4.78, 5) is 12.8. The zero-order valence-electron chi connectivity index (χ0n) is 20.7. The average Bonchev–Trinajstić information content (AvgIpc) is 3.58. The summed E-state index contributed by atoms with van der Waals surface area (Å²) in [5, 5.41) is 8.60. The Labute approximate surface area is 218 Å². The van der Waals surface area contributed by atoms with Crippen molar-refractivity contribution in [3.63, 3.8) is 0 Å². The van der Waals surface area contributed by atoms with E-state index in [4.69, 9.17) is 9.72 Å². The number of ether oxygens (including phenoxy) is 1. The van der Waals surface area contributed by atoms with E-state index in [9.17, 15) is 4.39 Å². The van der Waals surface area contributed by atoms with E-state index in [1.54, 1.807) is 18.3 Å². The van der Waals surface area contributed by atoms with Crippen LogP contribution in [0.4, 0.5) is 4.39 Å². The third kappa shape index (κ3) is 4.10. The predicted octanol–water partition coefficient (Wildman–Crippen LogP) is 7.69. The number of aromatic nitrogens is 5. The largest absolute Gasteiger partial charge is 0.489 e. The van der Waals surface area contributed by atoms with Gasteiger partial charge in [-0.05, 0) is 67.6 Å². The smallest absolute Gasteiger partial charge is 0.138 e. The van der Waals surface area contributed by atoms with Crippen LogP contribution in [0, 0.1) is 5.82 Å². The van der Waals surface area contributed by atoms with E-state index in [-0.39, 0.29) is 11.9 Å². The van der Waals surface area contributed by atoms with Crippen molar-refractivity contribution in [2.45, 2.75) is 38.2 Å². The number of halogens is 1. The molecule has 7 rings (SSSR count). The van der Waals surface area contributed by atoms with Gasteiger partial charge in [-0.3, -0.25) is 10.1 Å². The molecule has 38 heavy (non-hydrogen) atoms. The Morgan fingerprint density at radius 3 is 2.61 bits per heavy atom. The van der Waals surface area contributed by atoms with Crippen LogP contribution < -0.4 is 4.74 Å². The molecule has 7 heteroatoms. The van der Waals surface area contributed by atoms with Gasteiger partial charge in [0.1, 0.15) is 22.8 Å². The SMILES string of the molecule is Fc1ccccc1-c1cccc2[nH]c(-c3n[nH]c4ccc(-c5cncc(OC6CCCCC6)c5)nc34)cc12. The van der Waals surface area contributed by atoms with Crippen molar-refractivity contribution in [3.05, 3.63) is 84.9 Å². The third-order valence-electron chi connectivity index (χ3n) is 7.35. The highest BCUT2D eigenvalue weighted by Gasteiger charge is 2.18. The van der Waals surface area contributed by atoms with Crippen LogP contribution in [0.3, 0.4) is 0 Å². The number of pyridine rings is 2. The molecular weight excluding hydrogens is 477 g/mol. The maximum absolute atomic E-state index is 14.6. The van der Waals surface area contributed by atoms with Crippen molar-refractivity contribution in [2.75, 3.05) is 0 Å². The first-order valence-electron chi connectivity index (χ1n) is 13.1. The highest BCUT2D eigenvalue weighted by Crippen LogP contribution is 2.35. The molecule has 1 fully saturated rings. The van der Waals surface area contributed by atoms with Crippen molar-refractivity contribution in [2.24, 2.45) is 0 Å². The quantitative estimate of drug-likeness (QED) is 0.253. The van der Waals surface area contributed by atoms with Crippen LogP contribution >= 0.6 is 0 Å². The van der Waals surface area contributed by atoms with Gasteiger partial charge in [-0.2, -0.15) is 5.10 Å². The topological polar surface area (TPSA) is 79.5 Å².